The van der Waals surface area contributed by atoms with Crippen molar-refractivity contribution < 1.29 is 4.74 Å². The summed E-state index contributed by atoms with van der Waals surface area (Å²) < 4.78 is 5.55. The molecule has 0 spiro atoms. The topological polar surface area (TPSA) is 37.2 Å². The van der Waals surface area contributed by atoms with Crippen LogP contribution in [-0.4, -0.2) is 36.0 Å². The first kappa shape index (κ1) is 11.2. The maximum absolute atomic E-state index is 5.55. The molecule has 0 aliphatic carbocycles. The number of amidine groups is 2. The molecule has 2 aliphatic heterocycles. The van der Waals surface area contributed by atoms with Crippen LogP contribution < -0.4 is 0 Å². The maximum atomic E-state index is 5.55. The molecule has 2 rings (SSSR count). The molecule has 0 aromatic rings. The van der Waals surface area contributed by atoms with Crippen LogP contribution in [0, 0.1) is 0 Å². The largest absolute Gasteiger partial charge is 0.461 e. The molecule has 0 aromatic carbocycles. The van der Waals surface area contributed by atoms with E-state index in [-0.39, 0.29) is 6.10 Å². The Kier molecular flexibility index (Phi) is 3.59. The Morgan fingerprint density at radius 3 is 2.75 bits per heavy atom. The van der Waals surface area contributed by atoms with Crippen molar-refractivity contribution in [1.82, 2.24) is 4.90 Å². The second-order valence-corrected chi connectivity index (χ2v) is 4.39. The number of aliphatic imine (C=N–C) groups is 2. The Hall–Kier alpha value is -1.32. The quantitative estimate of drug-likeness (QED) is 0.680. The average molecular weight is 221 g/mol. The van der Waals surface area contributed by atoms with Gasteiger partial charge in [-0.1, -0.05) is 6.08 Å². The normalized spacial score (nSPS) is 20.8. The molecular formula is C12H19N3O. The van der Waals surface area contributed by atoms with Crippen molar-refractivity contribution in [3.05, 3.63) is 12.3 Å². The summed E-state index contributed by atoms with van der Waals surface area (Å²) in [6.07, 6.45) is 7.32. The van der Waals surface area contributed by atoms with Gasteiger partial charge in [0.05, 0.1) is 6.10 Å². The Balaban J connectivity index is 2.09. The van der Waals surface area contributed by atoms with Gasteiger partial charge >= 0.3 is 6.02 Å². The summed E-state index contributed by atoms with van der Waals surface area (Å²) in [6, 6.07) is 0.491. The van der Waals surface area contributed by atoms with Crippen molar-refractivity contribution >= 4 is 11.9 Å². The van der Waals surface area contributed by atoms with Gasteiger partial charge in [0.25, 0.3) is 0 Å². The Labute approximate surface area is 96.7 Å². The molecule has 2 heterocycles. The van der Waals surface area contributed by atoms with Gasteiger partial charge in [-0.3, -0.25) is 0 Å². The predicted molar refractivity (Wildman–Crippen MR) is 65.7 cm³/mol. The van der Waals surface area contributed by atoms with Crippen LogP contribution in [0.5, 0.6) is 0 Å². The fourth-order valence-corrected chi connectivity index (χ4v) is 1.90. The molecular weight excluding hydrogens is 202 g/mol. The number of rotatable bonds is 1. The highest BCUT2D eigenvalue weighted by atomic mass is 16.5. The monoisotopic (exact) mass is 221 g/mol. The summed E-state index contributed by atoms with van der Waals surface area (Å²) in [4.78, 5) is 11.0. The lowest BCUT2D eigenvalue weighted by Crippen LogP contribution is -2.28. The third-order valence-corrected chi connectivity index (χ3v) is 2.63. The molecule has 0 bridgehead atoms. The van der Waals surface area contributed by atoms with Gasteiger partial charge < -0.3 is 9.64 Å². The summed E-state index contributed by atoms with van der Waals surface area (Å²) in [6.45, 7) is 6.20. The van der Waals surface area contributed by atoms with Gasteiger partial charge in [0.1, 0.15) is 5.84 Å². The first-order valence-electron chi connectivity index (χ1n) is 5.97. The molecule has 4 heteroatoms. The first-order valence-corrected chi connectivity index (χ1v) is 5.97. The lowest BCUT2D eigenvalue weighted by molar-refractivity contribution is 0.224. The molecule has 1 saturated heterocycles. The van der Waals surface area contributed by atoms with Crippen LogP contribution in [0.2, 0.25) is 0 Å². The molecule has 88 valence electrons. The summed E-state index contributed by atoms with van der Waals surface area (Å²) in [5.74, 6) is 1.09. The van der Waals surface area contributed by atoms with Crippen molar-refractivity contribution in [3.63, 3.8) is 0 Å². The zero-order chi connectivity index (χ0) is 11.4. The van der Waals surface area contributed by atoms with Crippen LogP contribution in [0.25, 0.3) is 0 Å². The van der Waals surface area contributed by atoms with Crippen LogP contribution in [0.3, 0.4) is 0 Å². The van der Waals surface area contributed by atoms with Crippen molar-refractivity contribution in [1.29, 1.82) is 0 Å². The molecule has 0 radical (unpaired) electrons. The van der Waals surface area contributed by atoms with E-state index in [0.29, 0.717) is 6.02 Å². The Morgan fingerprint density at radius 2 is 2.06 bits per heavy atom. The second-order valence-electron chi connectivity index (χ2n) is 4.39. The SMILES string of the molecule is CC(C)OC1=NC=CCC(N2CCCC2)=N1. The Bertz CT molecular complexity index is 325. The van der Waals surface area contributed by atoms with Gasteiger partial charge in [-0.05, 0) is 26.7 Å². The van der Waals surface area contributed by atoms with Gasteiger partial charge in [0, 0.05) is 25.7 Å². The summed E-state index contributed by atoms with van der Waals surface area (Å²) in [5.41, 5.74) is 0. The van der Waals surface area contributed by atoms with Crippen molar-refractivity contribution in [2.45, 2.75) is 39.2 Å². The van der Waals surface area contributed by atoms with E-state index in [1.807, 2.05) is 19.9 Å². The van der Waals surface area contributed by atoms with Gasteiger partial charge in [-0.2, -0.15) is 4.99 Å². The van der Waals surface area contributed by atoms with E-state index in [1.54, 1.807) is 6.20 Å². The lowest BCUT2D eigenvalue weighted by atomic mass is 10.3. The van der Waals surface area contributed by atoms with Crippen molar-refractivity contribution in [2.24, 2.45) is 9.98 Å². The standard InChI is InChI=1S/C12H19N3O/c1-10(2)16-12-13-7-5-6-11(14-12)15-8-3-4-9-15/h5,7,10H,3-4,6,8-9H2,1-2H3. The van der Waals surface area contributed by atoms with E-state index in [2.05, 4.69) is 14.9 Å². The first-order chi connectivity index (χ1) is 7.75. The molecule has 16 heavy (non-hydrogen) atoms. The fraction of sp³-hybridized carbons (Fsp3) is 0.667. The smallest absolute Gasteiger partial charge is 0.318 e. The minimum atomic E-state index is 0.119. The maximum Gasteiger partial charge on any atom is 0.318 e. The zero-order valence-corrected chi connectivity index (χ0v) is 10.0. The van der Waals surface area contributed by atoms with Crippen molar-refractivity contribution in [2.75, 3.05) is 13.1 Å². The number of nitrogens with zero attached hydrogens (tertiary/aromatic N) is 3. The molecule has 0 amide bonds. The molecule has 0 atom stereocenters. The van der Waals surface area contributed by atoms with E-state index < -0.39 is 0 Å². The van der Waals surface area contributed by atoms with Gasteiger partial charge in [-0.25, -0.2) is 4.99 Å². The number of likely N-dealkylation sites (tertiary alicyclic amines) is 1. The summed E-state index contributed by atoms with van der Waals surface area (Å²) in [5, 5.41) is 0. The second kappa shape index (κ2) is 5.14. The fourth-order valence-electron chi connectivity index (χ4n) is 1.90. The molecule has 2 aliphatic rings. The molecule has 0 N–H and O–H groups in total. The van der Waals surface area contributed by atoms with Gasteiger partial charge in [0.15, 0.2) is 0 Å². The molecule has 0 aromatic heterocycles. The van der Waals surface area contributed by atoms with Gasteiger partial charge in [-0.15, -0.1) is 0 Å². The van der Waals surface area contributed by atoms with Crippen LogP contribution in [0.1, 0.15) is 33.1 Å². The highest BCUT2D eigenvalue weighted by Gasteiger charge is 2.17. The average Bonchev–Trinajstić information content (AvgIpc) is 2.66. The highest BCUT2D eigenvalue weighted by molar-refractivity contribution is 5.95. The minimum Gasteiger partial charge on any atom is -0.461 e. The third-order valence-electron chi connectivity index (χ3n) is 2.63. The third kappa shape index (κ3) is 2.84. The lowest BCUT2D eigenvalue weighted by Gasteiger charge is -2.18. The van der Waals surface area contributed by atoms with E-state index in [4.69, 9.17) is 4.74 Å². The van der Waals surface area contributed by atoms with Crippen LogP contribution in [-0.2, 0) is 4.74 Å². The molecule has 0 saturated carbocycles. The summed E-state index contributed by atoms with van der Waals surface area (Å²) in [7, 11) is 0. The van der Waals surface area contributed by atoms with Crippen molar-refractivity contribution in [3.8, 4) is 0 Å². The Morgan fingerprint density at radius 1 is 1.31 bits per heavy atom. The van der Waals surface area contributed by atoms with E-state index in [1.165, 1.54) is 12.8 Å². The van der Waals surface area contributed by atoms with Crippen LogP contribution >= 0.6 is 0 Å². The van der Waals surface area contributed by atoms with E-state index in [9.17, 15) is 0 Å². The number of hydrogen-bond donors (Lipinski definition) is 0. The van der Waals surface area contributed by atoms with E-state index in [0.717, 1.165) is 25.3 Å². The zero-order valence-electron chi connectivity index (χ0n) is 10.0. The number of ether oxygens (including phenoxy) is 1. The van der Waals surface area contributed by atoms with E-state index >= 15 is 0 Å². The predicted octanol–water partition coefficient (Wildman–Crippen LogP) is 2.18. The molecule has 4 nitrogen and oxygen atoms in total. The molecule has 0 unspecified atom stereocenters. The molecule has 1 fully saturated rings. The van der Waals surface area contributed by atoms with Crippen LogP contribution in [0.4, 0.5) is 0 Å². The van der Waals surface area contributed by atoms with Gasteiger partial charge in [0.2, 0.25) is 0 Å². The minimum absolute atomic E-state index is 0.119. The summed E-state index contributed by atoms with van der Waals surface area (Å²) >= 11 is 0. The highest BCUT2D eigenvalue weighted by Crippen LogP contribution is 2.12. The van der Waals surface area contributed by atoms with Crippen LogP contribution in [0.15, 0.2) is 22.3 Å². The number of hydrogen-bond acceptors (Lipinski definition) is 4.